The fourth-order valence-electron chi connectivity index (χ4n) is 9.13. The Labute approximate surface area is 451 Å². The van der Waals surface area contributed by atoms with E-state index in [1.807, 2.05) is 127 Å². The summed E-state index contributed by atoms with van der Waals surface area (Å²) in [6, 6.07) is 56.6. The Bertz CT molecular complexity index is 3480. The summed E-state index contributed by atoms with van der Waals surface area (Å²) in [5, 5.41) is 61.1. The smallest absolute Gasteiger partial charge is 0.319 e. The molecule has 0 radical (unpaired) electrons. The number of pyridine rings is 2. The minimum atomic E-state index is -0.831. The summed E-state index contributed by atoms with van der Waals surface area (Å²) in [6.07, 6.45) is 1.54. The van der Waals surface area contributed by atoms with E-state index in [4.69, 9.17) is 0 Å². The summed E-state index contributed by atoms with van der Waals surface area (Å²) in [5.74, 6) is -0.0783. The molecule has 9 rings (SSSR count). The molecule has 0 saturated heterocycles. The third-order valence-electron chi connectivity index (χ3n) is 13.1. The first kappa shape index (κ1) is 55.2. The van der Waals surface area contributed by atoms with Crippen LogP contribution in [0.2, 0.25) is 0 Å². The summed E-state index contributed by atoms with van der Waals surface area (Å²) in [6.45, 7) is 2.42. The van der Waals surface area contributed by atoms with E-state index in [1.165, 1.54) is 29.8 Å². The van der Waals surface area contributed by atoms with Crippen molar-refractivity contribution in [3.63, 3.8) is 0 Å². The molecule has 9 aromatic rings. The summed E-state index contributed by atoms with van der Waals surface area (Å²) in [5.41, 5.74) is 7.95. The van der Waals surface area contributed by atoms with Gasteiger partial charge in [-0.25, -0.2) is 9.59 Å². The number of anilines is 2. The Morgan fingerprint density at radius 3 is 1.40 bits per heavy atom. The first-order valence-corrected chi connectivity index (χ1v) is 25.9. The van der Waals surface area contributed by atoms with Gasteiger partial charge in [-0.3, -0.25) is 9.59 Å². The Hall–Kier alpha value is -9.06. The van der Waals surface area contributed by atoms with Crippen LogP contribution < -0.4 is 43.0 Å². The second-order valence-electron chi connectivity index (χ2n) is 18.7. The number of carbonyl (C=O) groups is 2. The van der Waals surface area contributed by atoms with Crippen molar-refractivity contribution in [3.8, 4) is 11.5 Å². The van der Waals surface area contributed by atoms with Crippen LogP contribution in [0.1, 0.15) is 63.6 Å². The molecule has 0 saturated carbocycles. The largest absolute Gasteiger partial charge is 0.506 e. The SMILES string of the molecule is O=C(NCCCc1ccccc1)Nc1cccc(CCNCC(O)c2ccc(O)c3[nH]c(=O)ccc23)c1.O=C(Nc1cccc(CCNC[C@H](O)c2ccc(O)c3[nH]c(=O)ccc23)c1)NC(c1ccccc1)c1ccccc1. The molecule has 2 heterocycles. The number of hydrogen-bond acceptors (Lipinski definition) is 10. The monoisotopic (exact) mass is 1050 g/mol. The highest BCUT2D eigenvalue weighted by Crippen LogP contribution is 2.30. The van der Waals surface area contributed by atoms with Gasteiger partial charge in [-0.05, 0) is 126 Å². The van der Waals surface area contributed by atoms with Crippen LogP contribution in [0.25, 0.3) is 21.8 Å². The van der Waals surface area contributed by atoms with Gasteiger partial charge in [-0.15, -0.1) is 0 Å². The van der Waals surface area contributed by atoms with Gasteiger partial charge in [0.15, 0.2) is 0 Å². The lowest BCUT2D eigenvalue weighted by atomic mass is 9.99. The number of nitrogens with one attached hydrogen (secondary N) is 8. The number of phenols is 2. The second-order valence-corrected chi connectivity index (χ2v) is 18.7. The van der Waals surface area contributed by atoms with Gasteiger partial charge >= 0.3 is 12.1 Å². The van der Waals surface area contributed by atoms with Gasteiger partial charge < -0.3 is 62.3 Å². The van der Waals surface area contributed by atoms with Crippen molar-refractivity contribution < 1.29 is 30.0 Å². The van der Waals surface area contributed by atoms with Gasteiger partial charge in [0.05, 0.1) is 29.3 Å². The Balaban J connectivity index is 0.000000207. The maximum Gasteiger partial charge on any atom is 0.319 e. The van der Waals surface area contributed by atoms with Crippen LogP contribution in [-0.4, -0.2) is 75.2 Å². The average Bonchev–Trinajstić information content (AvgIpc) is 3.54. The fraction of sp³-hybridized carbons (Fsp3) is 0.194. The molecular weight excluding hydrogens is 985 g/mol. The molecular formula is C62H64N8O8. The normalized spacial score (nSPS) is 11.8. The molecule has 12 N–H and O–H groups in total. The minimum Gasteiger partial charge on any atom is -0.506 e. The zero-order valence-corrected chi connectivity index (χ0v) is 42.9. The number of aryl methyl sites for hydroxylation is 1. The van der Waals surface area contributed by atoms with Gasteiger partial charge in [0.1, 0.15) is 11.5 Å². The molecule has 2 aromatic heterocycles. The predicted octanol–water partition coefficient (Wildman–Crippen LogP) is 8.86. The molecule has 400 valence electrons. The summed E-state index contributed by atoms with van der Waals surface area (Å²) >= 11 is 0. The highest BCUT2D eigenvalue weighted by molar-refractivity contribution is 5.91. The van der Waals surface area contributed by atoms with Crippen molar-refractivity contribution in [2.45, 2.75) is 43.9 Å². The van der Waals surface area contributed by atoms with Gasteiger partial charge in [0, 0.05) is 53.9 Å². The van der Waals surface area contributed by atoms with Crippen molar-refractivity contribution >= 4 is 45.2 Å². The predicted molar refractivity (Wildman–Crippen MR) is 307 cm³/mol. The van der Waals surface area contributed by atoms with Gasteiger partial charge in [0.2, 0.25) is 11.1 Å². The molecule has 4 amide bonds. The number of amides is 4. The zero-order valence-electron chi connectivity index (χ0n) is 42.9. The van der Waals surface area contributed by atoms with Crippen LogP contribution in [0.3, 0.4) is 0 Å². The van der Waals surface area contributed by atoms with E-state index >= 15 is 0 Å². The lowest BCUT2D eigenvalue weighted by molar-refractivity contribution is 0.176. The van der Waals surface area contributed by atoms with E-state index in [9.17, 15) is 39.6 Å². The molecule has 0 fully saturated rings. The highest BCUT2D eigenvalue weighted by atomic mass is 16.3. The number of rotatable bonds is 21. The van der Waals surface area contributed by atoms with E-state index in [1.54, 1.807) is 24.3 Å². The maximum absolute atomic E-state index is 13.0. The first-order chi connectivity index (χ1) is 38.0. The van der Waals surface area contributed by atoms with E-state index < -0.39 is 12.2 Å². The number of aliphatic hydroxyl groups is 2. The summed E-state index contributed by atoms with van der Waals surface area (Å²) in [4.78, 5) is 53.7. The number of aliphatic hydroxyl groups excluding tert-OH is 2. The number of H-pyrrole nitrogens is 2. The van der Waals surface area contributed by atoms with Gasteiger partial charge in [0.25, 0.3) is 0 Å². The summed E-state index contributed by atoms with van der Waals surface area (Å²) in [7, 11) is 0. The van der Waals surface area contributed by atoms with Crippen LogP contribution >= 0.6 is 0 Å². The lowest BCUT2D eigenvalue weighted by Crippen LogP contribution is -2.33. The minimum absolute atomic E-state index is 0.0361. The van der Waals surface area contributed by atoms with Gasteiger partial charge in [-0.2, -0.15) is 0 Å². The van der Waals surface area contributed by atoms with E-state index in [2.05, 4.69) is 54.0 Å². The number of hydrogen-bond donors (Lipinski definition) is 12. The van der Waals surface area contributed by atoms with Crippen LogP contribution in [0.5, 0.6) is 11.5 Å². The number of benzene rings is 7. The van der Waals surface area contributed by atoms with Crippen LogP contribution in [-0.2, 0) is 19.3 Å². The third-order valence-corrected chi connectivity index (χ3v) is 13.1. The molecule has 0 spiro atoms. The lowest BCUT2D eigenvalue weighted by Gasteiger charge is -2.20. The molecule has 16 nitrogen and oxygen atoms in total. The van der Waals surface area contributed by atoms with Gasteiger partial charge in [-0.1, -0.05) is 127 Å². The standard InChI is InChI=1S/C33H32N4O4.C29H32N4O4/c38-28-16-14-26(27-15-17-30(40)36-32(27)28)29(39)21-34-19-18-22-8-7-13-25(20-22)35-33(41)37-31(23-9-3-1-4-10-23)24-11-5-2-6-12-24;34-25-13-11-23(24-12-14-27(36)33-28(24)25)26(35)19-30-17-15-21-8-4-10-22(18-21)32-29(37)31-16-5-9-20-6-2-1-3-7-20/h1-17,20,29,31,34,38-39H,18-19,21H2,(H,36,40)(H2,35,37,41);1-4,6-8,10-14,18,26,30,34-35H,5,9,15-17,19H2,(H,33,36)(H2,31,32,37)/t29-;/m0./s1. The van der Waals surface area contributed by atoms with Crippen molar-refractivity contribution in [3.05, 3.63) is 248 Å². The number of phenolic OH excluding ortho intramolecular Hbond substituents is 2. The van der Waals surface area contributed by atoms with Crippen LogP contribution in [0.4, 0.5) is 21.0 Å². The first-order valence-electron chi connectivity index (χ1n) is 25.9. The average molecular weight is 1050 g/mol. The van der Waals surface area contributed by atoms with Crippen molar-refractivity contribution in [2.24, 2.45) is 0 Å². The summed E-state index contributed by atoms with van der Waals surface area (Å²) < 4.78 is 0. The van der Waals surface area contributed by atoms with Crippen molar-refractivity contribution in [1.82, 2.24) is 31.2 Å². The maximum atomic E-state index is 13.0. The number of carbonyl (C=O) groups excluding carboxylic acids is 2. The molecule has 7 aromatic carbocycles. The Kier molecular flexibility index (Phi) is 19.6. The Morgan fingerprint density at radius 1 is 0.462 bits per heavy atom. The van der Waals surface area contributed by atoms with Crippen LogP contribution in [0, 0.1) is 0 Å². The molecule has 2 atom stereocenters. The zero-order chi connectivity index (χ0) is 54.6. The topological polar surface area (TPSA) is 253 Å². The van der Waals surface area contributed by atoms with E-state index in [-0.39, 0.29) is 40.7 Å². The van der Waals surface area contributed by atoms with Crippen LogP contribution in [0.15, 0.2) is 198 Å². The van der Waals surface area contributed by atoms with E-state index in [0.29, 0.717) is 84.2 Å². The molecule has 0 bridgehead atoms. The fourth-order valence-corrected chi connectivity index (χ4v) is 9.13. The number of aromatic hydroxyl groups is 2. The number of fused-ring (bicyclic) bond motifs is 2. The molecule has 0 aliphatic heterocycles. The number of aromatic amines is 2. The quantitative estimate of drug-likeness (QED) is 0.0305. The molecule has 1 unspecified atom stereocenters. The third kappa shape index (κ3) is 15.8. The van der Waals surface area contributed by atoms with Crippen molar-refractivity contribution in [2.75, 3.05) is 43.4 Å². The molecule has 78 heavy (non-hydrogen) atoms. The number of urea groups is 2. The highest BCUT2D eigenvalue weighted by Gasteiger charge is 2.18. The van der Waals surface area contributed by atoms with Crippen molar-refractivity contribution in [1.29, 1.82) is 0 Å². The molecule has 0 aliphatic carbocycles. The van der Waals surface area contributed by atoms with E-state index in [0.717, 1.165) is 40.8 Å². The molecule has 0 aliphatic rings. The number of aromatic nitrogens is 2. The molecule has 16 heteroatoms. The second kappa shape index (κ2) is 27.6. The Morgan fingerprint density at radius 2 is 0.910 bits per heavy atom.